The first-order valence-corrected chi connectivity index (χ1v) is 10.0. The van der Waals surface area contributed by atoms with Gasteiger partial charge in [0.05, 0.1) is 17.0 Å². The summed E-state index contributed by atoms with van der Waals surface area (Å²) >= 11 is 3.65. The minimum atomic E-state index is -0.00838. The molecule has 0 bridgehead atoms. The number of aryl methyl sites for hydroxylation is 1. The molecule has 2 aliphatic rings. The van der Waals surface area contributed by atoms with E-state index in [2.05, 4.69) is 55.9 Å². The van der Waals surface area contributed by atoms with Gasteiger partial charge < -0.3 is 4.98 Å². The predicted octanol–water partition coefficient (Wildman–Crippen LogP) is 3.37. The Morgan fingerprint density at radius 2 is 2.15 bits per heavy atom. The van der Waals surface area contributed by atoms with Gasteiger partial charge in [-0.25, -0.2) is 4.98 Å². The van der Waals surface area contributed by atoms with Crippen LogP contribution in [0.25, 0.3) is 0 Å². The number of fused-ring (bicyclic) bond motifs is 1. The Bertz CT molecular complexity index is 919. The summed E-state index contributed by atoms with van der Waals surface area (Å²) in [5.74, 6) is 0.683. The van der Waals surface area contributed by atoms with Crippen molar-refractivity contribution in [3.63, 3.8) is 0 Å². The molecule has 0 amide bonds. The van der Waals surface area contributed by atoms with Crippen molar-refractivity contribution in [1.82, 2.24) is 14.9 Å². The molecule has 2 aliphatic heterocycles. The molecule has 0 atom stereocenters. The predicted molar refractivity (Wildman–Crippen MR) is 107 cm³/mol. The van der Waals surface area contributed by atoms with Crippen LogP contribution in [0.4, 0.5) is 0 Å². The number of nitrogens with zero attached hydrogens (tertiary/aromatic N) is 3. The minimum absolute atomic E-state index is 0.00838. The van der Waals surface area contributed by atoms with Gasteiger partial charge in [-0.05, 0) is 43.4 Å². The van der Waals surface area contributed by atoms with Gasteiger partial charge in [0.15, 0.2) is 5.82 Å². The van der Waals surface area contributed by atoms with Gasteiger partial charge >= 0.3 is 0 Å². The highest BCUT2D eigenvalue weighted by molar-refractivity contribution is 9.10. The number of hydrogen-bond donors (Lipinski definition) is 1. The number of H-pyrrole nitrogens is 1. The van der Waals surface area contributed by atoms with Crippen molar-refractivity contribution in [1.29, 1.82) is 0 Å². The summed E-state index contributed by atoms with van der Waals surface area (Å²) in [6.07, 6.45) is 3.97. The second kappa shape index (κ2) is 7.45. The molecule has 0 spiro atoms. The van der Waals surface area contributed by atoms with Gasteiger partial charge in [0.1, 0.15) is 0 Å². The van der Waals surface area contributed by atoms with E-state index in [1.54, 1.807) is 0 Å². The highest BCUT2D eigenvalue weighted by atomic mass is 79.9. The number of hydrogen-bond acceptors (Lipinski definition) is 4. The van der Waals surface area contributed by atoms with Crippen LogP contribution in [0.1, 0.15) is 47.5 Å². The second-order valence-corrected chi connectivity index (χ2v) is 8.04. The fourth-order valence-electron chi connectivity index (χ4n) is 3.66. The molecular weight excluding hydrogens is 392 g/mol. The molecule has 2 aromatic rings. The number of aliphatic imine (C=N–C) groups is 1. The van der Waals surface area contributed by atoms with Crippen LogP contribution in [0, 0.1) is 6.92 Å². The lowest BCUT2D eigenvalue weighted by molar-refractivity contribution is 0.241. The number of aromatic amines is 1. The zero-order chi connectivity index (χ0) is 18.1. The smallest absolute Gasteiger partial charge is 0.255 e. The number of rotatable bonds is 3. The molecule has 1 N–H and O–H groups in total. The standard InChI is InChI=1S/C20H23BrN4O/c1-13-5-6-14(16(21)10-13)11-25-9-7-17-15(12-25)20(26)24-19(23-17)18-4-2-3-8-22-18/h5-6,10H,2-4,7-9,11-12H2,1H3,(H,23,24,26). The first-order chi connectivity index (χ1) is 12.6. The number of benzene rings is 1. The Morgan fingerprint density at radius 1 is 1.27 bits per heavy atom. The van der Waals surface area contributed by atoms with Crippen molar-refractivity contribution in [2.45, 2.75) is 45.7 Å². The van der Waals surface area contributed by atoms with Crippen LogP contribution in [0.15, 0.2) is 32.5 Å². The molecule has 0 fully saturated rings. The van der Waals surface area contributed by atoms with Crippen molar-refractivity contribution in [2.75, 3.05) is 13.1 Å². The minimum Gasteiger partial charge on any atom is -0.305 e. The third-order valence-corrected chi connectivity index (χ3v) is 5.89. The van der Waals surface area contributed by atoms with Gasteiger partial charge in [-0.1, -0.05) is 28.1 Å². The highest BCUT2D eigenvalue weighted by Crippen LogP contribution is 2.23. The van der Waals surface area contributed by atoms with Crippen LogP contribution in [0.3, 0.4) is 0 Å². The van der Waals surface area contributed by atoms with E-state index in [1.807, 2.05) is 0 Å². The summed E-state index contributed by atoms with van der Waals surface area (Å²) in [7, 11) is 0. The fraction of sp³-hybridized carbons (Fsp3) is 0.450. The van der Waals surface area contributed by atoms with Crippen molar-refractivity contribution in [3.05, 3.63) is 61.2 Å². The Hall–Kier alpha value is -1.79. The Balaban J connectivity index is 1.55. The van der Waals surface area contributed by atoms with Crippen LogP contribution in [-0.4, -0.2) is 33.7 Å². The van der Waals surface area contributed by atoms with Crippen LogP contribution in [0.2, 0.25) is 0 Å². The fourth-order valence-corrected chi connectivity index (χ4v) is 4.28. The van der Waals surface area contributed by atoms with Gasteiger partial charge in [-0.3, -0.25) is 14.7 Å². The van der Waals surface area contributed by atoms with E-state index in [0.717, 1.165) is 66.8 Å². The molecular formula is C20H23BrN4O. The maximum atomic E-state index is 12.7. The average Bonchev–Trinajstić information content (AvgIpc) is 2.65. The molecule has 5 nitrogen and oxygen atoms in total. The van der Waals surface area contributed by atoms with Crippen LogP contribution < -0.4 is 5.56 Å². The summed E-state index contributed by atoms with van der Waals surface area (Å²) in [5, 5.41) is 0. The lowest BCUT2D eigenvalue weighted by Gasteiger charge is -2.28. The zero-order valence-electron chi connectivity index (χ0n) is 15.0. The zero-order valence-corrected chi connectivity index (χ0v) is 16.6. The first-order valence-electron chi connectivity index (χ1n) is 9.23. The van der Waals surface area contributed by atoms with Crippen LogP contribution >= 0.6 is 15.9 Å². The molecule has 4 rings (SSSR count). The van der Waals surface area contributed by atoms with Gasteiger partial charge in [-0.15, -0.1) is 0 Å². The second-order valence-electron chi connectivity index (χ2n) is 7.18. The van der Waals surface area contributed by atoms with E-state index < -0.39 is 0 Å². The lowest BCUT2D eigenvalue weighted by atomic mass is 10.0. The average molecular weight is 415 g/mol. The van der Waals surface area contributed by atoms with Crippen LogP contribution in [-0.2, 0) is 19.5 Å². The van der Waals surface area contributed by atoms with E-state index >= 15 is 0 Å². The van der Waals surface area contributed by atoms with Gasteiger partial charge in [0.2, 0.25) is 0 Å². The molecule has 136 valence electrons. The van der Waals surface area contributed by atoms with Gasteiger partial charge in [0.25, 0.3) is 5.56 Å². The van der Waals surface area contributed by atoms with E-state index in [1.165, 1.54) is 11.1 Å². The van der Waals surface area contributed by atoms with Crippen molar-refractivity contribution in [2.24, 2.45) is 4.99 Å². The van der Waals surface area contributed by atoms with Crippen molar-refractivity contribution < 1.29 is 0 Å². The molecule has 0 unspecified atom stereocenters. The number of aromatic nitrogens is 2. The molecule has 1 aromatic heterocycles. The molecule has 0 saturated heterocycles. The monoisotopic (exact) mass is 414 g/mol. The lowest BCUT2D eigenvalue weighted by Crippen LogP contribution is -2.36. The Morgan fingerprint density at radius 3 is 2.92 bits per heavy atom. The largest absolute Gasteiger partial charge is 0.305 e. The maximum Gasteiger partial charge on any atom is 0.255 e. The number of halogens is 1. The van der Waals surface area contributed by atoms with Crippen molar-refractivity contribution in [3.8, 4) is 0 Å². The molecule has 0 saturated carbocycles. The van der Waals surface area contributed by atoms with E-state index in [9.17, 15) is 4.79 Å². The highest BCUT2D eigenvalue weighted by Gasteiger charge is 2.23. The van der Waals surface area contributed by atoms with Gasteiger partial charge in [-0.2, -0.15) is 0 Å². The summed E-state index contributed by atoms with van der Waals surface area (Å²) in [6.45, 7) is 5.31. The van der Waals surface area contributed by atoms with E-state index in [0.29, 0.717) is 12.4 Å². The third-order valence-electron chi connectivity index (χ3n) is 5.15. The summed E-state index contributed by atoms with van der Waals surface area (Å²) in [5.41, 5.74) is 5.18. The molecule has 26 heavy (non-hydrogen) atoms. The molecule has 3 heterocycles. The number of nitrogens with one attached hydrogen (secondary N) is 1. The first kappa shape index (κ1) is 17.6. The van der Waals surface area contributed by atoms with Crippen LogP contribution in [0.5, 0.6) is 0 Å². The summed E-state index contributed by atoms with van der Waals surface area (Å²) in [6, 6.07) is 6.42. The van der Waals surface area contributed by atoms with E-state index in [-0.39, 0.29) is 5.56 Å². The molecule has 0 aliphatic carbocycles. The maximum absolute atomic E-state index is 12.7. The molecule has 0 radical (unpaired) electrons. The molecule has 6 heteroatoms. The third kappa shape index (κ3) is 3.67. The normalized spacial score (nSPS) is 17.7. The Kier molecular flexibility index (Phi) is 5.05. The quantitative estimate of drug-likeness (QED) is 0.836. The summed E-state index contributed by atoms with van der Waals surface area (Å²) < 4.78 is 1.13. The summed E-state index contributed by atoms with van der Waals surface area (Å²) in [4.78, 5) is 27.2. The Labute approximate surface area is 161 Å². The topological polar surface area (TPSA) is 61.4 Å². The van der Waals surface area contributed by atoms with Crippen molar-refractivity contribution >= 4 is 21.6 Å². The molecule has 1 aromatic carbocycles. The van der Waals surface area contributed by atoms with Gasteiger partial charge in [0, 0.05) is 37.1 Å². The SMILES string of the molecule is Cc1ccc(CN2CCc3nc(C4=NCCCC4)[nH]c(=O)c3C2)c(Br)c1. The van der Waals surface area contributed by atoms with E-state index in [4.69, 9.17) is 4.98 Å².